The predicted octanol–water partition coefficient (Wildman–Crippen LogP) is 0.263. The fourth-order valence-electron chi connectivity index (χ4n) is 1.01. The molecule has 0 saturated carbocycles. The summed E-state index contributed by atoms with van der Waals surface area (Å²) in [7, 11) is 1.23. The van der Waals surface area contributed by atoms with Gasteiger partial charge in [0.25, 0.3) is 0 Å². The molecule has 0 aliphatic rings. The van der Waals surface area contributed by atoms with E-state index >= 15 is 0 Å². The highest BCUT2D eigenvalue weighted by molar-refractivity contribution is 5.75. The van der Waals surface area contributed by atoms with Crippen molar-refractivity contribution in [3.05, 3.63) is 29.8 Å². The molecule has 0 fully saturated rings. The normalized spacial score (nSPS) is 12.2. The minimum atomic E-state index is -0.871. The third kappa shape index (κ3) is 2.50. The first-order valence-corrected chi connectivity index (χ1v) is 4.08. The highest BCUT2D eigenvalue weighted by atomic mass is 19.1. The van der Waals surface area contributed by atoms with Gasteiger partial charge in [-0.1, -0.05) is 0 Å². The van der Waals surface area contributed by atoms with E-state index in [4.69, 9.17) is 5.73 Å². The molecule has 0 aliphatic carbocycles. The van der Waals surface area contributed by atoms with Crippen molar-refractivity contribution in [3.63, 3.8) is 0 Å². The summed E-state index contributed by atoms with van der Waals surface area (Å²) >= 11 is 0. The molecule has 1 aromatic heterocycles. The third-order valence-corrected chi connectivity index (χ3v) is 1.75. The number of carbonyl (C=O) groups is 1. The summed E-state index contributed by atoms with van der Waals surface area (Å²) in [6, 6.07) is 1.87. The van der Waals surface area contributed by atoms with Crippen molar-refractivity contribution < 1.29 is 13.9 Å². The van der Waals surface area contributed by atoms with Gasteiger partial charge in [0.1, 0.15) is 11.9 Å². The number of nitrogens with two attached hydrogens (primary N) is 1. The van der Waals surface area contributed by atoms with Gasteiger partial charge in [0.2, 0.25) is 0 Å². The molecule has 76 valence electrons. The van der Waals surface area contributed by atoms with Gasteiger partial charge in [-0.25, -0.2) is 4.39 Å². The number of halogens is 1. The van der Waals surface area contributed by atoms with E-state index in [0.717, 1.165) is 0 Å². The lowest BCUT2D eigenvalue weighted by Gasteiger charge is -2.08. The molecule has 0 bridgehead atoms. The van der Waals surface area contributed by atoms with E-state index in [2.05, 4.69) is 9.72 Å². The lowest BCUT2D eigenvalue weighted by atomic mass is 10.1. The first kappa shape index (κ1) is 10.6. The van der Waals surface area contributed by atoms with E-state index < -0.39 is 17.8 Å². The van der Waals surface area contributed by atoms with E-state index in [9.17, 15) is 9.18 Å². The van der Waals surface area contributed by atoms with Gasteiger partial charge in [0.05, 0.1) is 12.8 Å². The van der Waals surface area contributed by atoms with E-state index in [0.29, 0.717) is 0 Å². The molecule has 1 atom stereocenters. The third-order valence-electron chi connectivity index (χ3n) is 1.75. The number of methoxy groups -OCH3 is 1. The summed E-state index contributed by atoms with van der Waals surface area (Å²) in [6.07, 6.45) is 1.49. The van der Waals surface area contributed by atoms with Crippen LogP contribution in [0.5, 0.6) is 0 Å². The van der Waals surface area contributed by atoms with Gasteiger partial charge in [0, 0.05) is 12.6 Å². The number of esters is 1. The Balaban J connectivity index is 2.69. The van der Waals surface area contributed by atoms with Crippen LogP contribution in [0.4, 0.5) is 4.39 Å². The monoisotopic (exact) mass is 198 g/mol. The Morgan fingerprint density at radius 2 is 2.50 bits per heavy atom. The molecule has 4 nitrogen and oxygen atoms in total. The molecule has 0 aliphatic heterocycles. The fraction of sp³-hybridized carbons (Fsp3) is 0.333. The maximum Gasteiger partial charge on any atom is 0.323 e. The average molecular weight is 198 g/mol. The van der Waals surface area contributed by atoms with Gasteiger partial charge < -0.3 is 10.5 Å². The SMILES string of the molecule is COC(=O)[C@H](N)Cc1ncccc1F. The quantitative estimate of drug-likeness (QED) is 0.708. The Morgan fingerprint density at radius 1 is 1.79 bits per heavy atom. The molecule has 0 radical (unpaired) electrons. The van der Waals surface area contributed by atoms with Crippen molar-refractivity contribution in [2.24, 2.45) is 5.73 Å². The van der Waals surface area contributed by atoms with Crippen molar-refractivity contribution in [1.29, 1.82) is 0 Å². The molecule has 2 N–H and O–H groups in total. The first-order valence-electron chi connectivity index (χ1n) is 4.08. The van der Waals surface area contributed by atoms with Gasteiger partial charge in [-0.15, -0.1) is 0 Å². The summed E-state index contributed by atoms with van der Waals surface area (Å²) in [5.41, 5.74) is 5.62. The molecular formula is C9H11FN2O2. The molecule has 1 heterocycles. The summed E-state index contributed by atoms with van der Waals surface area (Å²) in [4.78, 5) is 14.7. The van der Waals surface area contributed by atoms with Crippen molar-refractivity contribution >= 4 is 5.97 Å². The van der Waals surface area contributed by atoms with Crippen LogP contribution >= 0.6 is 0 Å². The molecule has 5 heteroatoms. The minimum Gasteiger partial charge on any atom is -0.468 e. The summed E-state index contributed by atoms with van der Waals surface area (Å²) in [6.45, 7) is 0. The topological polar surface area (TPSA) is 65.2 Å². The second kappa shape index (κ2) is 4.66. The van der Waals surface area contributed by atoms with Gasteiger partial charge in [-0.3, -0.25) is 9.78 Å². The zero-order chi connectivity index (χ0) is 10.6. The zero-order valence-corrected chi connectivity index (χ0v) is 7.74. The van der Waals surface area contributed by atoms with Gasteiger partial charge in [-0.2, -0.15) is 0 Å². The number of hydrogen-bond acceptors (Lipinski definition) is 4. The van der Waals surface area contributed by atoms with Crippen molar-refractivity contribution in [2.75, 3.05) is 7.11 Å². The maximum atomic E-state index is 13.0. The fourth-order valence-corrected chi connectivity index (χ4v) is 1.01. The van der Waals surface area contributed by atoms with Gasteiger partial charge >= 0.3 is 5.97 Å². The van der Waals surface area contributed by atoms with Crippen LogP contribution in [0.2, 0.25) is 0 Å². The van der Waals surface area contributed by atoms with Crippen molar-refractivity contribution in [2.45, 2.75) is 12.5 Å². The van der Waals surface area contributed by atoms with Crippen LogP contribution in [0.25, 0.3) is 0 Å². The number of rotatable bonds is 3. The molecule has 0 spiro atoms. The predicted molar refractivity (Wildman–Crippen MR) is 47.9 cm³/mol. The van der Waals surface area contributed by atoms with Crippen molar-refractivity contribution in [3.8, 4) is 0 Å². The number of ether oxygens (including phenoxy) is 1. The van der Waals surface area contributed by atoms with Crippen molar-refractivity contribution in [1.82, 2.24) is 4.98 Å². The van der Waals surface area contributed by atoms with Crippen LogP contribution in [-0.4, -0.2) is 24.1 Å². The van der Waals surface area contributed by atoms with Crippen LogP contribution in [0, 0.1) is 5.82 Å². The standard InChI is InChI=1S/C9H11FN2O2/c1-14-9(13)7(11)5-8-6(10)3-2-4-12-8/h2-4,7H,5,11H2,1H3/t7-/m1/s1. The van der Waals surface area contributed by atoms with Crippen LogP contribution in [-0.2, 0) is 16.0 Å². The molecule has 1 aromatic rings. The molecule has 0 unspecified atom stereocenters. The van der Waals surface area contributed by atoms with E-state index in [1.807, 2.05) is 0 Å². The number of pyridine rings is 1. The van der Waals surface area contributed by atoms with Crippen LogP contribution in [0.1, 0.15) is 5.69 Å². The Hall–Kier alpha value is -1.49. The lowest BCUT2D eigenvalue weighted by Crippen LogP contribution is -2.34. The van der Waals surface area contributed by atoms with E-state index in [-0.39, 0.29) is 12.1 Å². The molecule has 14 heavy (non-hydrogen) atoms. The van der Waals surface area contributed by atoms with E-state index in [1.165, 1.54) is 25.4 Å². The Kier molecular flexibility index (Phi) is 3.53. The van der Waals surface area contributed by atoms with Crippen LogP contribution in [0.15, 0.2) is 18.3 Å². The summed E-state index contributed by atoms with van der Waals surface area (Å²) < 4.78 is 17.5. The summed E-state index contributed by atoms with van der Waals surface area (Å²) in [5, 5.41) is 0. The maximum absolute atomic E-state index is 13.0. The largest absolute Gasteiger partial charge is 0.468 e. The second-order valence-corrected chi connectivity index (χ2v) is 2.77. The van der Waals surface area contributed by atoms with E-state index in [1.54, 1.807) is 0 Å². The molecule has 0 saturated heterocycles. The zero-order valence-electron chi connectivity index (χ0n) is 7.74. The number of aromatic nitrogens is 1. The summed E-state index contributed by atoms with van der Waals surface area (Å²) in [5.74, 6) is -1.04. The Bertz CT molecular complexity index is 330. The minimum absolute atomic E-state index is 0.0410. The number of hydrogen-bond donors (Lipinski definition) is 1. The smallest absolute Gasteiger partial charge is 0.323 e. The molecule has 1 rings (SSSR count). The van der Waals surface area contributed by atoms with Crippen LogP contribution < -0.4 is 5.73 Å². The highest BCUT2D eigenvalue weighted by Gasteiger charge is 2.16. The van der Waals surface area contributed by atoms with Crippen LogP contribution in [0.3, 0.4) is 0 Å². The number of nitrogens with zero attached hydrogens (tertiary/aromatic N) is 1. The molecule has 0 amide bonds. The second-order valence-electron chi connectivity index (χ2n) is 2.77. The highest BCUT2D eigenvalue weighted by Crippen LogP contribution is 2.05. The van der Waals surface area contributed by atoms with Gasteiger partial charge in [0.15, 0.2) is 0 Å². The molecule has 0 aromatic carbocycles. The lowest BCUT2D eigenvalue weighted by molar-refractivity contribution is -0.142. The first-order chi connectivity index (χ1) is 6.65. The van der Waals surface area contributed by atoms with Gasteiger partial charge in [-0.05, 0) is 12.1 Å². The Morgan fingerprint density at radius 3 is 3.07 bits per heavy atom. The Labute approximate surface area is 80.9 Å². The molecular weight excluding hydrogens is 187 g/mol. The average Bonchev–Trinajstić information content (AvgIpc) is 2.20. The number of carbonyl (C=O) groups excluding carboxylic acids is 1.